The van der Waals surface area contributed by atoms with Crippen LogP contribution < -0.4 is 4.74 Å². The van der Waals surface area contributed by atoms with Gasteiger partial charge >= 0.3 is 0 Å². The van der Waals surface area contributed by atoms with Crippen molar-refractivity contribution in [1.82, 2.24) is 0 Å². The van der Waals surface area contributed by atoms with Crippen molar-refractivity contribution >= 4 is 0 Å². The molecule has 0 atom stereocenters. The molecule has 86 valence electrons. The fourth-order valence-electron chi connectivity index (χ4n) is 2.15. The van der Waals surface area contributed by atoms with Crippen molar-refractivity contribution in [2.45, 2.75) is 6.42 Å². The van der Waals surface area contributed by atoms with Crippen molar-refractivity contribution in [2.75, 3.05) is 6.61 Å². The maximum absolute atomic E-state index is 13.8. The summed E-state index contributed by atoms with van der Waals surface area (Å²) >= 11 is 0. The van der Waals surface area contributed by atoms with Crippen molar-refractivity contribution in [3.63, 3.8) is 0 Å². The number of aromatic hydroxyl groups is 1. The Morgan fingerprint density at radius 1 is 1.12 bits per heavy atom. The molecular formula is C14H11FO2. The molecule has 2 aromatic rings. The first-order valence-electron chi connectivity index (χ1n) is 5.49. The van der Waals surface area contributed by atoms with Crippen LogP contribution >= 0.6 is 0 Å². The summed E-state index contributed by atoms with van der Waals surface area (Å²) in [5.41, 5.74) is 2.31. The monoisotopic (exact) mass is 230 g/mol. The molecule has 0 aliphatic carbocycles. The van der Waals surface area contributed by atoms with Gasteiger partial charge in [-0.25, -0.2) is 4.39 Å². The topological polar surface area (TPSA) is 29.5 Å². The van der Waals surface area contributed by atoms with Crippen LogP contribution in [-0.2, 0) is 6.42 Å². The second-order valence-corrected chi connectivity index (χ2v) is 4.06. The molecule has 0 unspecified atom stereocenters. The number of para-hydroxylation sites is 1. The van der Waals surface area contributed by atoms with E-state index in [0.717, 1.165) is 29.4 Å². The van der Waals surface area contributed by atoms with Gasteiger partial charge in [-0.2, -0.15) is 0 Å². The lowest BCUT2D eigenvalue weighted by molar-refractivity contribution is 0.358. The summed E-state index contributed by atoms with van der Waals surface area (Å²) in [6.07, 6.45) is 0.864. The van der Waals surface area contributed by atoms with Crippen LogP contribution in [0.25, 0.3) is 11.1 Å². The van der Waals surface area contributed by atoms with Crippen LogP contribution in [0, 0.1) is 5.82 Å². The molecule has 0 saturated heterocycles. The highest BCUT2D eigenvalue weighted by atomic mass is 19.1. The average Bonchev–Trinajstić information content (AvgIpc) is 2.77. The van der Waals surface area contributed by atoms with Crippen molar-refractivity contribution in [2.24, 2.45) is 0 Å². The second-order valence-electron chi connectivity index (χ2n) is 4.06. The molecule has 1 aliphatic heterocycles. The number of hydrogen-bond acceptors (Lipinski definition) is 2. The van der Waals surface area contributed by atoms with Gasteiger partial charge in [-0.3, -0.25) is 0 Å². The third-order valence-electron chi connectivity index (χ3n) is 2.96. The first-order chi connectivity index (χ1) is 8.25. The van der Waals surface area contributed by atoms with Crippen LogP contribution in [0.3, 0.4) is 0 Å². The normalized spacial score (nSPS) is 13.2. The Kier molecular flexibility index (Phi) is 2.25. The second kappa shape index (κ2) is 3.77. The van der Waals surface area contributed by atoms with E-state index in [0.29, 0.717) is 12.2 Å². The highest BCUT2D eigenvalue weighted by Gasteiger charge is 2.18. The van der Waals surface area contributed by atoms with E-state index in [4.69, 9.17) is 4.74 Å². The Morgan fingerprint density at radius 2 is 2.00 bits per heavy atom. The highest BCUT2D eigenvalue weighted by molar-refractivity contribution is 5.73. The molecule has 17 heavy (non-hydrogen) atoms. The lowest BCUT2D eigenvalue weighted by Gasteiger charge is -2.09. The SMILES string of the molecule is Oc1ccc(-c2cccc3c2OCC3)c(F)c1. The number of halogens is 1. The Morgan fingerprint density at radius 3 is 2.82 bits per heavy atom. The molecule has 0 radical (unpaired) electrons. The van der Waals surface area contributed by atoms with Crippen molar-refractivity contribution in [1.29, 1.82) is 0 Å². The van der Waals surface area contributed by atoms with Crippen LogP contribution in [-0.4, -0.2) is 11.7 Å². The van der Waals surface area contributed by atoms with Crippen molar-refractivity contribution in [3.8, 4) is 22.6 Å². The largest absolute Gasteiger partial charge is 0.508 e. The van der Waals surface area contributed by atoms with Crippen molar-refractivity contribution < 1.29 is 14.2 Å². The van der Waals surface area contributed by atoms with Crippen LogP contribution in [0.4, 0.5) is 4.39 Å². The first-order valence-corrected chi connectivity index (χ1v) is 5.49. The summed E-state index contributed by atoms with van der Waals surface area (Å²) < 4.78 is 19.3. The molecule has 0 spiro atoms. The minimum absolute atomic E-state index is 0.0697. The number of phenolic OH excluding ortho intramolecular Hbond substituents is 1. The predicted octanol–water partition coefficient (Wildman–Crippen LogP) is 3.13. The van der Waals surface area contributed by atoms with Crippen molar-refractivity contribution in [3.05, 3.63) is 47.8 Å². The van der Waals surface area contributed by atoms with Gasteiger partial charge in [-0.05, 0) is 17.7 Å². The van der Waals surface area contributed by atoms with E-state index in [2.05, 4.69) is 0 Å². The van der Waals surface area contributed by atoms with Crippen LogP contribution in [0.15, 0.2) is 36.4 Å². The number of benzene rings is 2. The van der Waals surface area contributed by atoms with Gasteiger partial charge < -0.3 is 9.84 Å². The Balaban J connectivity index is 2.19. The van der Waals surface area contributed by atoms with Gasteiger partial charge in [0.25, 0.3) is 0 Å². The van der Waals surface area contributed by atoms with E-state index >= 15 is 0 Å². The third-order valence-corrected chi connectivity index (χ3v) is 2.96. The molecule has 0 aromatic heterocycles. The van der Waals surface area contributed by atoms with Gasteiger partial charge in [-0.15, -0.1) is 0 Å². The van der Waals surface area contributed by atoms with E-state index in [1.54, 1.807) is 6.07 Å². The van der Waals surface area contributed by atoms with E-state index in [1.165, 1.54) is 6.07 Å². The summed E-state index contributed by atoms with van der Waals surface area (Å²) in [6.45, 7) is 0.645. The molecule has 1 N–H and O–H groups in total. The zero-order chi connectivity index (χ0) is 11.8. The molecule has 1 aliphatic rings. The van der Waals surface area contributed by atoms with Gasteiger partial charge in [-0.1, -0.05) is 18.2 Å². The first kappa shape index (κ1) is 10.1. The van der Waals surface area contributed by atoms with Gasteiger partial charge in [0.2, 0.25) is 0 Å². The fraction of sp³-hybridized carbons (Fsp3) is 0.143. The third kappa shape index (κ3) is 1.64. The smallest absolute Gasteiger partial charge is 0.134 e. The van der Waals surface area contributed by atoms with Crippen LogP contribution in [0.2, 0.25) is 0 Å². The number of hydrogen-bond donors (Lipinski definition) is 1. The summed E-state index contributed by atoms with van der Waals surface area (Å²) in [5, 5.41) is 9.21. The molecule has 0 bridgehead atoms. The molecule has 3 rings (SSSR count). The number of phenols is 1. The van der Waals surface area contributed by atoms with Crippen LogP contribution in [0.1, 0.15) is 5.56 Å². The molecule has 0 fully saturated rings. The maximum atomic E-state index is 13.8. The maximum Gasteiger partial charge on any atom is 0.134 e. The standard InChI is InChI=1S/C14H11FO2/c15-13-8-10(16)4-5-11(13)12-3-1-2-9-6-7-17-14(9)12/h1-5,8,16H,6-7H2. The molecular weight excluding hydrogens is 219 g/mol. The average molecular weight is 230 g/mol. The van der Waals surface area contributed by atoms with E-state index < -0.39 is 5.82 Å². The Hall–Kier alpha value is -2.03. The molecule has 3 heteroatoms. The molecule has 0 saturated carbocycles. The zero-order valence-electron chi connectivity index (χ0n) is 9.11. The number of rotatable bonds is 1. The molecule has 2 aromatic carbocycles. The summed E-state index contributed by atoms with van der Waals surface area (Å²) in [6, 6.07) is 9.89. The number of ether oxygens (including phenoxy) is 1. The Labute approximate surface area is 98.3 Å². The van der Waals surface area contributed by atoms with E-state index in [9.17, 15) is 9.50 Å². The Bertz CT molecular complexity index is 578. The van der Waals surface area contributed by atoms with Crippen LogP contribution in [0.5, 0.6) is 11.5 Å². The van der Waals surface area contributed by atoms with Gasteiger partial charge in [0.1, 0.15) is 17.3 Å². The summed E-state index contributed by atoms with van der Waals surface area (Å²) in [7, 11) is 0. The zero-order valence-corrected chi connectivity index (χ0v) is 9.11. The predicted molar refractivity (Wildman–Crippen MR) is 62.7 cm³/mol. The minimum atomic E-state index is -0.436. The minimum Gasteiger partial charge on any atom is -0.508 e. The summed E-state index contributed by atoms with van der Waals surface area (Å²) in [5.74, 6) is 0.255. The molecule has 1 heterocycles. The lowest BCUT2D eigenvalue weighted by Crippen LogP contribution is -1.90. The molecule has 0 amide bonds. The highest BCUT2D eigenvalue weighted by Crippen LogP contribution is 2.38. The number of fused-ring (bicyclic) bond motifs is 1. The fourth-order valence-corrected chi connectivity index (χ4v) is 2.15. The summed E-state index contributed by atoms with van der Waals surface area (Å²) in [4.78, 5) is 0. The quantitative estimate of drug-likeness (QED) is 0.815. The van der Waals surface area contributed by atoms with E-state index in [1.807, 2.05) is 18.2 Å². The lowest BCUT2D eigenvalue weighted by atomic mass is 10.0. The van der Waals surface area contributed by atoms with Gasteiger partial charge in [0.05, 0.1) is 6.61 Å². The van der Waals surface area contributed by atoms with E-state index in [-0.39, 0.29) is 5.75 Å². The van der Waals surface area contributed by atoms with Gasteiger partial charge in [0, 0.05) is 23.6 Å². The van der Waals surface area contributed by atoms with Gasteiger partial charge in [0.15, 0.2) is 0 Å². The molecule has 2 nitrogen and oxygen atoms in total.